The van der Waals surface area contributed by atoms with E-state index in [1.165, 1.54) is 12.1 Å². The summed E-state index contributed by atoms with van der Waals surface area (Å²) in [6.07, 6.45) is 2.61. The second-order valence-corrected chi connectivity index (χ2v) is 6.62. The molecule has 0 fully saturated rings. The second kappa shape index (κ2) is 8.00. The number of hydrogen-bond acceptors (Lipinski definition) is 2. The Bertz CT molecular complexity index is 766. The van der Waals surface area contributed by atoms with Crippen molar-refractivity contribution in [3.8, 4) is 0 Å². The number of carbonyl (C=O) groups is 1. The molecule has 1 amide bonds. The molecule has 0 bridgehead atoms. The summed E-state index contributed by atoms with van der Waals surface area (Å²) < 4.78 is 13.4. The zero-order valence-electron chi connectivity index (χ0n) is 14.9. The number of halogens is 1. The maximum atomic E-state index is 13.4. The van der Waals surface area contributed by atoms with Gasteiger partial charge in [0.1, 0.15) is 5.82 Å². The number of primary amides is 1. The third-order valence-electron chi connectivity index (χ3n) is 4.06. The van der Waals surface area contributed by atoms with Gasteiger partial charge in [-0.05, 0) is 51.0 Å². The minimum atomic E-state index is -0.698. The summed E-state index contributed by atoms with van der Waals surface area (Å²) in [7, 11) is 0. The van der Waals surface area contributed by atoms with Crippen LogP contribution in [0.2, 0.25) is 0 Å². The van der Waals surface area contributed by atoms with Crippen molar-refractivity contribution in [2.24, 2.45) is 16.1 Å². The molecule has 0 unspecified atom stereocenters. The number of rotatable bonds is 7. The topological polar surface area (TPSA) is 95.3 Å². The predicted molar refractivity (Wildman–Crippen MR) is 98.9 cm³/mol. The number of aliphatic imine (C=N–C) groups is 1. The third kappa shape index (κ3) is 4.95. The van der Waals surface area contributed by atoms with Crippen LogP contribution in [0.4, 0.5) is 4.39 Å². The van der Waals surface area contributed by atoms with Gasteiger partial charge in [-0.25, -0.2) is 4.39 Å². The molecule has 0 radical (unpaired) electrons. The minimum Gasteiger partial charge on any atom is -0.369 e. The SMILES string of the molecule is CCNC(=NCC(C)(C)C(N)=O)NCCc1c[nH]c2ccc(F)cc12. The number of amides is 1. The summed E-state index contributed by atoms with van der Waals surface area (Å²) in [5, 5.41) is 7.26. The average molecular weight is 347 g/mol. The van der Waals surface area contributed by atoms with E-state index in [0.717, 1.165) is 16.5 Å². The zero-order chi connectivity index (χ0) is 18.4. The van der Waals surface area contributed by atoms with E-state index in [2.05, 4.69) is 20.6 Å². The lowest BCUT2D eigenvalue weighted by molar-refractivity contribution is -0.125. The molecule has 0 aliphatic heterocycles. The number of fused-ring (bicyclic) bond motifs is 1. The summed E-state index contributed by atoms with van der Waals surface area (Å²) >= 11 is 0. The fraction of sp³-hybridized carbons (Fsp3) is 0.444. The highest BCUT2D eigenvalue weighted by Gasteiger charge is 2.24. The third-order valence-corrected chi connectivity index (χ3v) is 4.06. The molecule has 0 saturated carbocycles. The summed E-state index contributed by atoms with van der Waals surface area (Å²) in [6, 6.07) is 4.71. The van der Waals surface area contributed by atoms with Crippen LogP contribution in [-0.4, -0.2) is 36.5 Å². The molecule has 0 aliphatic rings. The van der Waals surface area contributed by atoms with E-state index in [1.54, 1.807) is 19.9 Å². The molecule has 1 aromatic carbocycles. The van der Waals surface area contributed by atoms with E-state index in [9.17, 15) is 9.18 Å². The highest BCUT2D eigenvalue weighted by Crippen LogP contribution is 2.19. The van der Waals surface area contributed by atoms with Gasteiger partial charge in [-0.1, -0.05) is 0 Å². The first kappa shape index (κ1) is 18.8. The molecular weight excluding hydrogens is 321 g/mol. The Morgan fingerprint density at radius 3 is 2.80 bits per heavy atom. The lowest BCUT2D eigenvalue weighted by atomic mass is 9.93. The van der Waals surface area contributed by atoms with Crippen LogP contribution in [-0.2, 0) is 11.2 Å². The van der Waals surface area contributed by atoms with Gasteiger partial charge in [0, 0.05) is 30.2 Å². The van der Waals surface area contributed by atoms with Crippen LogP contribution in [0.15, 0.2) is 29.4 Å². The van der Waals surface area contributed by atoms with Crippen LogP contribution >= 0.6 is 0 Å². The maximum absolute atomic E-state index is 13.4. The molecule has 0 spiro atoms. The van der Waals surface area contributed by atoms with Crippen molar-refractivity contribution in [3.63, 3.8) is 0 Å². The number of nitrogens with one attached hydrogen (secondary N) is 3. The quantitative estimate of drug-likeness (QED) is 0.455. The Balaban J connectivity index is 1.98. The average Bonchev–Trinajstić information content (AvgIpc) is 2.95. The van der Waals surface area contributed by atoms with Crippen LogP contribution in [0, 0.1) is 11.2 Å². The van der Waals surface area contributed by atoms with E-state index in [1.807, 2.05) is 13.1 Å². The smallest absolute Gasteiger partial charge is 0.224 e. The van der Waals surface area contributed by atoms with Crippen LogP contribution in [0.3, 0.4) is 0 Å². The van der Waals surface area contributed by atoms with Crippen molar-refractivity contribution in [1.29, 1.82) is 0 Å². The largest absolute Gasteiger partial charge is 0.369 e. The number of aromatic nitrogens is 1. The zero-order valence-corrected chi connectivity index (χ0v) is 14.9. The predicted octanol–water partition coefficient (Wildman–Crippen LogP) is 1.92. The summed E-state index contributed by atoms with van der Waals surface area (Å²) in [5.74, 6) is 0.000609. The molecule has 0 atom stereocenters. The van der Waals surface area contributed by atoms with E-state index >= 15 is 0 Å². The molecule has 7 heteroatoms. The van der Waals surface area contributed by atoms with Crippen molar-refractivity contribution in [2.75, 3.05) is 19.6 Å². The normalized spacial score (nSPS) is 12.4. The minimum absolute atomic E-state index is 0.245. The molecule has 2 aromatic rings. The number of aromatic amines is 1. The van der Waals surface area contributed by atoms with E-state index in [-0.39, 0.29) is 11.7 Å². The molecule has 5 N–H and O–H groups in total. The van der Waals surface area contributed by atoms with Crippen molar-refractivity contribution >= 4 is 22.8 Å². The first-order chi connectivity index (χ1) is 11.8. The molecule has 2 rings (SSSR count). The number of carbonyl (C=O) groups excluding carboxylic acids is 1. The molecular formula is C18H26FN5O. The van der Waals surface area contributed by atoms with Gasteiger partial charge in [0.15, 0.2) is 5.96 Å². The number of hydrogen-bond donors (Lipinski definition) is 4. The molecule has 136 valence electrons. The van der Waals surface area contributed by atoms with Crippen molar-refractivity contribution in [2.45, 2.75) is 27.2 Å². The van der Waals surface area contributed by atoms with Gasteiger partial charge in [0.25, 0.3) is 0 Å². The van der Waals surface area contributed by atoms with Gasteiger partial charge in [0.05, 0.1) is 12.0 Å². The van der Waals surface area contributed by atoms with Crippen molar-refractivity contribution in [1.82, 2.24) is 15.6 Å². The van der Waals surface area contributed by atoms with Gasteiger partial charge in [0.2, 0.25) is 5.91 Å². The van der Waals surface area contributed by atoms with Crippen LogP contribution in [0.5, 0.6) is 0 Å². The van der Waals surface area contributed by atoms with Gasteiger partial charge < -0.3 is 21.4 Å². The van der Waals surface area contributed by atoms with E-state index in [4.69, 9.17) is 5.73 Å². The van der Waals surface area contributed by atoms with Gasteiger partial charge >= 0.3 is 0 Å². The number of guanidine groups is 1. The molecule has 6 nitrogen and oxygen atoms in total. The summed E-state index contributed by atoms with van der Waals surface area (Å²) in [6.45, 7) is 7.15. The van der Waals surface area contributed by atoms with Gasteiger partial charge in [-0.15, -0.1) is 0 Å². The van der Waals surface area contributed by atoms with Crippen molar-refractivity contribution in [3.05, 3.63) is 35.8 Å². The Kier molecular flexibility index (Phi) is 6.01. The van der Waals surface area contributed by atoms with Crippen LogP contribution in [0.1, 0.15) is 26.3 Å². The Labute approximate surface area is 147 Å². The monoisotopic (exact) mass is 347 g/mol. The number of H-pyrrole nitrogens is 1. The Morgan fingerprint density at radius 1 is 1.36 bits per heavy atom. The standard InChI is InChI=1S/C18H26FN5O/c1-4-21-17(24-11-18(2,3)16(20)25)22-8-7-12-10-23-15-6-5-13(19)9-14(12)15/h5-6,9-10,23H,4,7-8,11H2,1-3H3,(H2,20,25)(H2,21,22,24). The molecule has 25 heavy (non-hydrogen) atoms. The van der Waals surface area contributed by atoms with Gasteiger partial charge in [-0.3, -0.25) is 9.79 Å². The van der Waals surface area contributed by atoms with Crippen molar-refractivity contribution < 1.29 is 9.18 Å². The molecule has 0 aliphatic carbocycles. The maximum Gasteiger partial charge on any atom is 0.224 e. The first-order valence-electron chi connectivity index (χ1n) is 8.41. The summed E-state index contributed by atoms with van der Waals surface area (Å²) in [5.41, 5.74) is 6.63. The summed E-state index contributed by atoms with van der Waals surface area (Å²) in [4.78, 5) is 19.0. The number of benzene rings is 1. The fourth-order valence-corrected chi connectivity index (χ4v) is 2.37. The lowest BCUT2D eigenvalue weighted by Gasteiger charge is -2.19. The number of nitrogens with two attached hydrogens (primary N) is 1. The second-order valence-electron chi connectivity index (χ2n) is 6.62. The first-order valence-corrected chi connectivity index (χ1v) is 8.41. The highest BCUT2D eigenvalue weighted by atomic mass is 19.1. The van der Waals surface area contributed by atoms with Crippen LogP contribution in [0.25, 0.3) is 10.9 Å². The molecule has 1 aromatic heterocycles. The molecule has 1 heterocycles. The Morgan fingerprint density at radius 2 is 2.12 bits per heavy atom. The van der Waals surface area contributed by atoms with E-state index < -0.39 is 5.41 Å². The fourth-order valence-electron chi connectivity index (χ4n) is 2.37. The Hall–Kier alpha value is -2.57. The molecule has 0 saturated heterocycles. The highest BCUT2D eigenvalue weighted by molar-refractivity contribution is 5.84. The lowest BCUT2D eigenvalue weighted by Crippen LogP contribution is -2.40. The van der Waals surface area contributed by atoms with Crippen LogP contribution < -0.4 is 16.4 Å². The number of nitrogens with zero attached hydrogens (tertiary/aromatic N) is 1. The van der Waals surface area contributed by atoms with Gasteiger partial charge in [-0.2, -0.15) is 0 Å². The van der Waals surface area contributed by atoms with E-state index in [0.29, 0.717) is 32.0 Å².